The van der Waals surface area contributed by atoms with Gasteiger partial charge in [-0.3, -0.25) is 9.59 Å². The summed E-state index contributed by atoms with van der Waals surface area (Å²) >= 11 is 0. The summed E-state index contributed by atoms with van der Waals surface area (Å²) in [6.45, 7) is 1.77. The number of sulfonamides is 1. The summed E-state index contributed by atoms with van der Waals surface area (Å²) in [7, 11) is -0.0783. The van der Waals surface area contributed by atoms with Crippen LogP contribution in [0.1, 0.15) is 19.3 Å². The number of carbonyl (C=O) groups is 2. The zero-order valence-corrected chi connectivity index (χ0v) is 18.4. The van der Waals surface area contributed by atoms with Gasteiger partial charge in [0.1, 0.15) is 0 Å². The maximum absolute atomic E-state index is 12.6. The summed E-state index contributed by atoms with van der Waals surface area (Å²) in [5, 5.41) is 2.95. The number of methoxy groups -OCH3 is 2. The lowest BCUT2D eigenvalue weighted by atomic mass is 9.97. The highest BCUT2D eigenvalue weighted by Crippen LogP contribution is 2.34. The molecule has 0 radical (unpaired) electrons. The standard InChI is InChI=1S/C20H29N3O6S/c1-28-17-5-4-16(11-18(17)29-2)23-13-15(10-19(23)24)20(25)21-12-14-6-8-22(9-7-14)30(3,26)27/h4-5,11,14-15H,6-10,12-13H2,1-3H3,(H,21,25). The molecule has 2 heterocycles. The minimum Gasteiger partial charge on any atom is -0.493 e. The van der Waals surface area contributed by atoms with Crippen LogP contribution < -0.4 is 19.7 Å². The van der Waals surface area contributed by atoms with E-state index in [9.17, 15) is 18.0 Å². The molecule has 10 heteroatoms. The second-order valence-electron chi connectivity index (χ2n) is 7.80. The number of hydrogen-bond acceptors (Lipinski definition) is 6. The number of ether oxygens (including phenoxy) is 2. The Morgan fingerprint density at radius 3 is 2.43 bits per heavy atom. The van der Waals surface area contributed by atoms with Gasteiger partial charge in [-0.2, -0.15) is 0 Å². The molecule has 2 aliphatic heterocycles. The van der Waals surface area contributed by atoms with Crippen molar-refractivity contribution < 1.29 is 27.5 Å². The molecule has 0 bridgehead atoms. The van der Waals surface area contributed by atoms with Gasteiger partial charge >= 0.3 is 0 Å². The van der Waals surface area contributed by atoms with Gasteiger partial charge < -0.3 is 19.7 Å². The molecule has 0 saturated carbocycles. The Morgan fingerprint density at radius 2 is 1.83 bits per heavy atom. The molecule has 1 N–H and O–H groups in total. The largest absolute Gasteiger partial charge is 0.493 e. The Morgan fingerprint density at radius 1 is 1.17 bits per heavy atom. The lowest BCUT2D eigenvalue weighted by molar-refractivity contribution is -0.126. The molecule has 166 valence electrons. The molecule has 1 aromatic rings. The number of hydrogen-bond donors (Lipinski definition) is 1. The predicted octanol–water partition coefficient (Wildman–Crippen LogP) is 0.845. The molecule has 1 atom stereocenters. The van der Waals surface area contributed by atoms with Crippen LogP contribution in [0.4, 0.5) is 5.69 Å². The number of benzene rings is 1. The average Bonchev–Trinajstić information content (AvgIpc) is 3.12. The molecule has 3 rings (SSSR count). The van der Waals surface area contributed by atoms with Crippen molar-refractivity contribution in [3.05, 3.63) is 18.2 Å². The SMILES string of the molecule is COc1ccc(N2CC(C(=O)NCC3CCN(S(C)(=O)=O)CC3)CC2=O)cc1OC. The third-order valence-electron chi connectivity index (χ3n) is 5.78. The smallest absolute Gasteiger partial charge is 0.227 e. The van der Waals surface area contributed by atoms with Crippen LogP contribution in [0.2, 0.25) is 0 Å². The van der Waals surface area contributed by atoms with Crippen LogP contribution in [0.25, 0.3) is 0 Å². The Kier molecular flexibility index (Phi) is 6.87. The van der Waals surface area contributed by atoms with Crippen molar-refractivity contribution in [2.24, 2.45) is 11.8 Å². The van der Waals surface area contributed by atoms with Gasteiger partial charge in [0.25, 0.3) is 0 Å². The molecule has 1 unspecified atom stereocenters. The molecule has 2 amide bonds. The fourth-order valence-electron chi connectivity index (χ4n) is 3.96. The molecule has 0 aromatic heterocycles. The minimum atomic E-state index is -3.16. The number of piperidine rings is 1. The zero-order chi connectivity index (χ0) is 21.9. The Hall–Kier alpha value is -2.33. The van der Waals surface area contributed by atoms with Gasteiger partial charge in [0.15, 0.2) is 11.5 Å². The first kappa shape index (κ1) is 22.4. The summed E-state index contributed by atoms with van der Waals surface area (Å²) in [5.74, 6) is 0.675. The maximum Gasteiger partial charge on any atom is 0.227 e. The fourth-order valence-corrected chi connectivity index (χ4v) is 4.83. The lowest BCUT2D eigenvalue weighted by Crippen LogP contribution is -2.42. The molecule has 1 aromatic carbocycles. The number of anilines is 1. The normalized spacial score (nSPS) is 21.0. The van der Waals surface area contributed by atoms with Crippen LogP contribution in [0.5, 0.6) is 11.5 Å². The Balaban J connectivity index is 1.53. The van der Waals surface area contributed by atoms with E-state index in [2.05, 4.69) is 5.32 Å². The number of nitrogens with one attached hydrogen (secondary N) is 1. The Labute approximate surface area is 177 Å². The third kappa shape index (κ3) is 5.04. The van der Waals surface area contributed by atoms with Crippen LogP contribution >= 0.6 is 0 Å². The molecule has 2 fully saturated rings. The van der Waals surface area contributed by atoms with E-state index in [1.165, 1.54) is 17.7 Å². The maximum atomic E-state index is 12.6. The van der Waals surface area contributed by atoms with Crippen LogP contribution in [0.3, 0.4) is 0 Å². The zero-order valence-electron chi connectivity index (χ0n) is 17.6. The lowest BCUT2D eigenvalue weighted by Gasteiger charge is -2.30. The van der Waals surface area contributed by atoms with Crippen molar-refractivity contribution in [1.82, 2.24) is 9.62 Å². The molecule has 30 heavy (non-hydrogen) atoms. The molecule has 9 nitrogen and oxygen atoms in total. The number of nitrogens with zero attached hydrogens (tertiary/aromatic N) is 2. The van der Waals surface area contributed by atoms with Crippen molar-refractivity contribution in [2.75, 3.05) is 51.6 Å². The second-order valence-corrected chi connectivity index (χ2v) is 9.78. The van der Waals surface area contributed by atoms with Gasteiger partial charge in [-0.15, -0.1) is 0 Å². The van der Waals surface area contributed by atoms with E-state index in [0.717, 1.165) is 0 Å². The van der Waals surface area contributed by atoms with E-state index < -0.39 is 15.9 Å². The van der Waals surface area contributed by atoms with Crippen molar-refractivity contribution >= 4 is 27.5 Å². The van der Waals surface area contributed by atoms with E-state index in [0.29, 0.717) is 56.2 Å². The van der Waals surface area contributed by atoms with Crippen molar-refractivity contribution in [3.63, 3.8) is 0 Å². The minimum absolute atomic E-state index is 0.108. The van der Waals surface area contributed by atoms with Crippen LogP contribution in [0.15, 0.2) is 18.2 Å². The summed E-state index contributed by atoms with van der Waals surface area (Å²) in [4.78, 5) is 26.7. The molecular formula is C20H29N3O6S. The average molecular weight is 440 g/mol. The number of rotatable bonds is 7. The molecule has 2 saturated heterocycles. The molecular weight excluding hydrogens is 410 g/mol. The summed E-state index contributed by atoms with van der Waals surface area (Å²) < 4.78 is 35.2. The number of amides is 2. The predicted molar refractivity (Wildman–Crippen MR) is 112 cm³/mol. The van der Waals surface area contributed by atoms with Crippen molar-refractivity contribution in [1.29, 1.82) is 0 Å². The van der Waals surface area contributed by atoms with Gasteiger partial charge in [-0.25, -0.2) is 12.7 Å². The van der Waals surface area contributed by atoms with E-state index in [1.807, 2.05) is 0 Å². The summed E-state index contributed by atoms with van der Waals surface area (Å²) in [6.07, 6.45) is 2.81. The second kappa shape index (κ2) is 9.22. The first-order chi connectivity index (χ1) is 14.2. The van der Waals surface area contributed by atoms with E-state index in [-0.39, 0.29) is 24.2 Å². The van der Waals surface area contributed by atoms with Gasteiger partial charge in [0.05, 0.1) is 26.4 Å². The van der Waals surface area contributed by atoms with Gasteiger partial charge in [0.2, 0.25) is 21.8 Å². The third-order valence-corrected chi connectivity index (χ3v) is 7.09. The first-order valence-electron chi connectivity index (χ1n) is 9.98. The highest BCUT2D eigenvalue weighted by Gasteiger charge is 2.36. The highest BCUT2D eigenvalue weighted by molar-refractivity contribution is 7.88. The van der Waals surface area contributed by atoms with Crippen LogP contribution in [0, 0.1) is 11.8 Å². The molecule has 0 spiro atoms. The fraction of sp³-hybridized carbons (Fsp3) is 0.600. The van der Waals surface area contributed by atoms with E-state index in [1.54, 1.807) is 30.2 Å². The van der Waals surface area contributed by atoms with Crippen LogP contribution in [-0.2, 0) is 19.6 Å². The van der Waals surface area contributed by atoms with E-state index >= 15 is 0 Å². The number of carbonyl (C=O) groups excluding carboxylic acids is 2. The van der Waals surface area contributed by atoms with E-state index in [4.69, 9.17) is 9.47 Å². The summed E-state index contributed by atoms with van der Waals surface area (Å²) in [5.41, 5.74) is 0.668. The Bertz CT molecular complexity index is 896. The molecule has 2 aliphatic rings. The van der Waals surface area contributed by atoms with Gasteiger partial charge in [-0.05, 0) is 30.9 Å². The topological polar surface area (TPSA) is 105 Å². The van der Waals surface area contributed by atoms with Crippen molar-refractivity contribution in [3.8, 4) is 11.5 Å². The monoisotopic (exact) mass is 439 g/mol. The molecule has 0 aliphatic carbocycles. The first-order valence-corrected chi connectivity index (χ1v) is 11.8. The van der Waals surface area contributed by atoms with Crippen LogP contribution in [-0.4, -0.2) is 71.2 Å². The van der Waals surface area contributed by atoms with Crippen molar-refractivity contribution in [2.45, 2.75) is 19.3 Å². The quantitative estimate of drug-likeness (QED) is 0.675. The van der Waals surface area contributed by atoms with Gasteiger partial charge in [0, 0.05) is 44.4 Å². The highest BCUT2D eigenvalue weighted by atomic mass is 32.2. The van der Waals surface area contributed by atoms with Gasteiger partial charge in [-0.1, -0.05) is 0 Å². The summed E-state index contributed by atoms with van der Waals surface area (Å²) in [6, 6.07) is 5.24.